The Balaban J connectivity index is 2.43. The molecule has 0 saturated heterocycles. The van der Waals surface area contributed by atoms with Gasteiger partial charge in [-0.2, -0.15) is 0 Å². The van der Waals surface area contributed by atoms with E-state index in [0.717, 1.165) is 10.3 Å². The molecular weight excluding hydrogens is 212 g/mol. The van der Waals surface area contributed by atoms with Crippen LogP contribution in [0.25, 0.3) is 16.5 Å². The van der Waals surface area contributed by atoms with Crippen LogP contribution in [0.15, 0.2) is 19.0 Å². The largest absolute Gasteiger partial charge is 0.462 e. The van der Waals surface area contributed by atoms with Gasteiger partial charge in [0.25, 0.3) is 0 Å². The summed E-state index contributed by atoms with van der Waals surface area (Å²) in [6.07, 6.45) is 3.32. The molecule has 4 nitrogen and oxygen atoms in total. The van der Waals surface area contributed by atoms with Crippen molar-refractivity contribution >= 4 is 33.9 Å². The third kappa shape index (κ3) is 1.66. The molecule has 2 aromatic rings. The number of nitrogens with zero attached hydrogens (tertiary/aromatic N) is 2. The van der Waals surface area contributed by atoms with Crippen LogP contribution in [0.2, 0.25) is 0 Å². The zero-order chi connectivity index (χ0) is 10.8. The van der Waals surface area contributed by atoms with Crippen LogP contribution in [0.4, 0.5) is 0 Å². The first-order chi connectivity index (χ1) is 7.26. The summed E-state index contributed by atoms with van der Waals surface area (Å²) in [6, 6.07) is 1.77. The number of hydrogen-bond donors (Lipinski definition) is 0. The van der Waals surface area contributed by atoms with Gasteiger partial charge in [0.05, 0.1) is 12.1 Å². The Morgan fingerprint density at radius 3 is 3.27 bits per heavy atom. The Kier molecular flexibility index (Phi) is 2.55. The van der Waals surface area contributed by atoms with Gasteiger partial charge in [-0.05, 0) is 13.0 Å². The molecule has 2 heterocycles. The predicted molar refractivity (Wildman–Crippen MR) is 60.0 cm³/mol. The lowest BCUT2D eigenvalue weighted by molar-refractivity contribution is 0.0532. The molecule has 0 N–H and O–H groups in total. The van der Waals surface area contributed by atoms with E-state index in [-0.39, 0.29) is 5.97 Å². The molecule has 0 amide bonds. The maximum atomic E-state index is 11.4. The van der Waals surface area contributed by atoms with Crippen LogP contribution in [0, 0.1) is 0 Å². The fourth-order valence-corrected chi connectivity index (χ4v) is 2.16. The van der Waals surface area contributed by atoms with Gasteiger partial charge in [0.2, 0.25) is 0 Å². The number of aromatic nitrogens is 2. The number of esters is 1. The number of carbonyl (C=O) groups is 1. The lowest BCUT2D eigenvalue weighted by atomic mass is 10.4. The van der Waals surface area contributed by atoms with Gasteiger partial charge in [-0.15, -0.1) is 11.3 Å². The van der Waals surface area contributed by atoms with Crippen molar-refractivity contribution in [1.82, 2.24) is 9.55 Å². The summed E-state index contributed by atoms with van der Waals surface area (Å²) < 4.78 is 6.68. The summed E-state index contributed by atoms with van der Waals surface area (Å²) in [4.78, 5) is 17.0. The van der Waals surface area contributed by atoms with Gasteiger partial charge in [-0.1, -0.05) is 6.58 Å². The molecule has 0 radical (unpaired) electrons. The average Bonchev–Trinajstić information content (AvgIpc) is 2.76. The number of carbonyl (C=O) groups excluding carboxylic acids is 1. The Hall–Kier alpha value is -1.62. The van der Waals surface area contributed by atoms with E-state index in [4.69, 9.17) is 4.74 Å². The maximum Gasteiger partial charge on any atom is 0.348 e. The van der Waals surface area contributed by atoms with Crippen molar-refractivity contribution in [2.45, 2.75) is 6.92 Å². The van der Waals surface area contributed by atoms with Crippen molar-refractivity contribution in [1.29, 1.82) is 0 Å². The zero-order valence-corrected chi connectivity index (χ0v) is 9.08. The summed E-state index contributed by atoms with van der Waals surface area (Å²) >= 11 is 1.33. The summed E-state index contributed by atoms with van der Waals surface area (Å²) in [5.74, 6) is -0.295. The van der Waals surface area contributed by atoms with E-state index in [2.05, 4.69) is 11.6 Å². The Morgan fingerprint density at radius 1 is 1.80 bits per heavy atom. The van der Waals surface area contributed by atoms with Crippen LogP contribution in [-0.4, -0.2) is 22.1 Å². The van der Waals surface area contributed by atoms with E-state index in [1.807, 2.05) is 0 Å². The fraction of sp³-hybridized carbons (Fsp3) is 0.200. The third-order valence-electron chi connectivity index (χ3n) is 1.94. The first-order valence-electron chi connectivity index (χ1n) is 4.52. The highest BCUT2D eigenvalue weighted by atomic mass is 32.1. The van der Waals surface area contributed by atoms with Crippen LogP contribution < -0.4 is 0 Å². The molecule has 0 spiro atoms. The molecule has 2 aromatic heterocycles. The molecule has 0 unspecified atom stereocenters. The first kappa shape index (κ1) is 9.92. The minimum atomic E-state index is -0.295. The van der Waals surface area contributed by atoms with E-state index < -0.39 is 0 Å². The third-order valence-corrected chi connectivity index (χ3v) is 2.96. The molecule has 2 rings (SSSR count). The normalized spacial score (nSPS) is 10.5. The molecular formula is C10H10N2O2S. The van der Waals surface area contributed by atoms with Crippen LogP contribution in [-0.2, 0) is 4.74 Å². The van der Waals surface area contributed by atoms with Crippen molar-refractivity contribution in [2.75, 3.05) is 6.61 Å². The van der Waals surface area contributed by atoms with E-state index >= 15 is 0 Å². The quantitative estimate of drug-likeness (QED) is 0.749. The monoisotopic (exact) mass is 222 g/mol. The van der Waals surface area contributed by atoms with Crippen LogP contribution in [0.5, 0.6) is 0 Å². The van der Waals surface area contributed by atoms with Gasteiger partial charge in [-0.25, -0.2) is 9.78 Å². The van der Waals surface area contributed by atoms with E-state index in [1.54, 1.807) is 30.1 Å². The van der Waals surface area contributed by atoms with Crippen molar-refractivity contribution in [3.63, 3.8) is 0 Å². The molecule has 78 valence electrons. The van der Waals surface area contributed by atoms with Gasteiger partial charge in [-0.3, -0.25) is 0 Å². The second kappa shape index (κ2) is 3.86. The molecule has 0 atom stereocenters. The molecule has 0 fully saturated rings. The van der Waals surface area contributed by atoms with Gasteiger partial charge in [0.15, 0.2) is 0 Å². The molecule has 0 saturated carbocycles. The lowest BCUT2D eigenvalue weighted by Gasteiger charge is -1.96. The number of rotatable bonds is 3. The minimum absolute atomic E-state index is 0.295. The molecule has 0 aromatic carbocycles. The molecule has 5 heteroatoms. The second-order valence-corrected chi connectivity index (χ2v) is 3.89. The summed E-state index contributed by atoms with van der Waals surface area (Å²) in [5, 5.41) is 0. The average molecular weight is 222 g/mol. The number of hydrogen-bond acceptors (Lipinski definition) is 4. The molecule has 0 aliphatic rings. The Labute approximate surface area is 90.8 Å². The highest BCUT2D eigenvalue weighted by Gasteiger charge is 2.13. The van der Waals surface area contributed by atoms with Gasteiger partial charge in [0.1, 0.15) is 16.0 Å². The molecule has 0 bridgehead atoms. The van der Waals surface area contributed by atoms with Crippen molar-refractivity contribution in [2.24, 2.45) is 0 Å². The Morgan fingerprint density at radius 2 is 2.60 bits per heavy atom. The van der Waals surface area contributed by atoms with E-state index in [0.29, 0.717) is 11.5 Å². The number of thiophene rings is 1. The molecule has 0 aliphatic carbocycles. The fourth-order valence-electron chi connectivity index (χ4n) is 1.27. The molecule has 0 aliphatic heterocycles. The summed E-state index contributed by atoms with van der Waals surface area (Å²) in [5.41, 5.74) is 0.887. The van der Waals surface area contributed by atoms with E-state index in [1.165, 1.54) is 11.3 Å². The highest BCUT2D eigenvalue weighted by Crippen LogP contribution is 2.25. The lowest BCUT2D eigenvalue weighted by Crippen LogP contribution is -2.01. The first-order valence-corrected chi connectivity index (χ1v) is 5.34. The van der Waals surface area contributed by atoms with Crippen molar-refractivity contribution < 1.29 is 9.53 Å². The number of imidazole rings is 1. The van der Waals surface area contributed by atoms with Crippen molar-refractivity contribution in [3.05, 3.63) is 23.8 Å². The van der Waals surface area contributed by atoms with Gasteiger partial charge < -0.3 is 9.30 Å². The maximum absolute atomic E-state index is 11.4. The predicted octanol–water partition coefficient (Wildman–Crippen LogP) is 2.38. The standard InChI is InChI=1S/C10H10N2O2S/c1-3-12-6-11-9-7(12)5-8(15-9)10(13)14-4-2/h3,5-6H,1,4H2,2H3. The highest BCUT2D eigenvalue weighted by molar-refractivity contribution is 7.20. The SMILES string of the molecule is C=Cn1cnc2sc(C(=O)OCC)cc21. The van der Waals surface area contributed by atoms with Gasteiger partial charge in [0, 0.05) is 6.20 Å². The topological polar surface area (TPSA) is 44.1 Å². The van der Waals surface area contributed by atoms with Crippen LogP contribution in [0.1, 0.15) is 16.6 Å². The smallest absolute Gasteiger partial charge is 0.348 e. The van der Waals surface area contributed by atoms with Crippen molar-refractivity contribution in [3.8, 4) is 0 Å². The summed E-state index contributed by atoms with van der Waals surface area (Å²) in [6.45, 7) is 5.83. The second-order valence-electron chi connectivity index (χ2n) is 2.86. The van der Waals surface area contributed by atoms with Crippen LogP contribution in [0.3, 0.4) is 0 Å². The summed E-state index contributed by atoms with van der Waals surface area (Å²) in [7, 11) is 0. The Bertz CT molecular complexity index is 512. The molecule has 15 heavy (non-hydrogen) atoms. The number of fused-ring (bicyclic) bond motifs is 1. The van der Waals surface area contributed by atoms with Crippen LogP contribution >= 0.6 is 11.3 Å². The van der Waals surface area contributed by atoms with E-state index in [9.17, 15) is 4.79 Å². The zero-order valence-electron chi connectivity index (χ0n) is 8.27. The minimum Gasteiger partial charge on any atom is -0.462 e. The number of ether oxygens (including phenoxy) is 1. The van der Waals surface area contributed by atoms with Gasteiger partial charge >= 0.3 is 5.97 Å².